The van der Waals surface area contributed by atoms with Crippen molar-refractivity contribution in [3.05, 3.63) is 29.8 Å². The van der Waals surface area contributed by atoms with Gasteiger partial charge in [0.1, 0.15) is 11.4 Å². The topological polar surface area (TPSA) is 29.5 Å². The van der Waals surface area contributed by atoms with E-state index in [1.54, 1.807) is 20.1 Å². The molecule has 1 atom stereocenters. The summed E-state index contributed by atoms with van der Waals surface area (Å²) in [6.45, 7) is 1.69. The second-order valence-electron chi connectivity index (χ2n) is 3.36. The van der Waals surface area contributed by atoms with E-state index < -0.39 is 5.60 Å². The Balaban J connectivity index is 3.11. The van der Waals surface area contributed by atoms with Gasteiger partial charge in [-0.3, -0.25) is 0 Å². The molecular weight excluding hydrogens is 176 g/mol. The summed E-state index contributed by atoms with van der Waals surface area (Å²) in [6, 6.07) is 7.33. The van der Waals surface area contributed by atoms with Gasteiger partial charge in [0, 0.05) is 12.0 Å². The maximum atomic E-state index is 10.1. The number of terminal acetylenes is 1. The van der Waals surface area contributed by atoms with Crippen molar-refractivity contribution in [3.8, 4) is 18.1 Å². The molecule has 0 bridgehead atoms. The van der Waals surface area contributed by atoms with E-state index in [1.807, 2.05) is 18.2 Å². The SMILES string of the molecule is C#CCC(C)(O)c1ccccc1OC. The van der Waals surface area contributed by atoms with Gasteiger partial charge in [0.25, 0.3) is 0 Å². The molecule has 0 radical (unpaired) electrons. The highest BCUT2D eigenvalue weighted by Crippen LogP contribution is 2.31. The highest BCUT2D eigenvalue weighted by atomic mass is 16.5. The molecule has 74 valence electrons. The zero-order valence-electron chi connectivity index (χ0n) is 8.45. The number of aliphatic hydroxyl groups is 1. The van der Waals surface area contributed by atoms with Gasteiger partial charge in [0.2, 0.25) is 0 Å². The summed E-state index contributed by atoms with van der Waals surface area (Å²) in [4.78, 5) is 0. The number of ether oxygens (including phenoxy) is 1. The first-order chi connectivity index (χ1) is 6.61. The molecule has 2 heteroatoms. The summed E-state index contributed by atoms with van der Waals surface area (Å²) in [5.41, 5.74) is -0.304. The Morgan fingerprint density at radius 1 is 1.50 bits per heavy atom. The van der Waals surface area contributed by atoms with Crippen molar-refractivity contribution in [2.45, 2.75) is 18.9 Å². The molecule has 2 nitrogen and oxygen atoms in total. The largest absolute Gasteiger partial charge is 0.496 e. The second-order valence-corrected chi connectivity index (χ2v) is 3.36. The Kier molecular flexibility index (Phi) is 3.16. The van der Waals surface area contributed by atoms with Crippen LogP contribution >= 0.6 is 0 Å². The third kappa shape index (κ3) is 2.07. The normalized spacial score (nSPS) is 14.1. The van der Waals surface area contributed by atoms with Crippen molar-refractivity contribution in [2.24, 2.45) is 0 Å². The van der Waals surface area contributed by atoms with Crippen molar-refractivity contribution in [3.63, 3.8) is 0 Å². The maximum absolute atomic E-state index is 10.1. The van der Waals surface area contributed by atoms with Crippen molar-refractivity contribution < 1.29 is 9.84 Å². The van der Waals surface area contributed by atoms with E-state index in [0.717, 1.165) is 5.56 Å². The molecule has 0 fully saturated rings. The third-order valence-corrected chi connectivity index (χ3v) is 2.13. The lowest BCUT2D eigenvalue weighted by molar-refractivity contribution is 0.0602. The van der Waals surface area contributed by atoms with Crippen molar-refractivity contribution in [1.29, 1.82) is 0 Å². The van der Waals surface area contributed by atoms with Crippen LogP contribution in [0.5, 0.6) is 5.75 Å². The highest BCUT2D eigenvalue weighted by Gasteiger charge is 2.25. The predicted octanol–water partition coefficient (Wildman–Crippen LogP) is 1.93. The molecule has 0 saturated carbocycles. The lowest BCUT2D eigenvalue weighted by atomic mass is 9.92. The lowest BCUT2D eigenvalue weighted by Crippen LogP contribution is -2.21. The molecule has 0 amide bonds. The number of hydrogen-bond acceptors (Lipinski definition) is 2. The molecular formula is C12H14O2. The Bertz CT molecular complexity index is 348. The number of benzene rings is 1. The van der Waals surface area contributed by atoms with E-state index in [2.05, 4.69) is 5.92 Å². The second kappa shape index (κ2) is 4.17. The van der Waals surface area contributed by atoms with Gasteiger partial charge in [-0.1, -0.05) is 18.2 Å². The van der Waals surface area contributed by atoms with Gasteiger partial charge >= 0.3 is 0 Å². The van der Waals surface area contributed by atoms with Crippen LogP contribution in [0.4, 0.5) is 0 Å². The molecule has 1 aromatic rings. The first-order valence-corrected chi connectivity index (χ1v) is 4.41. The predicted molar refractivity (Wildman–Crippen MR) is 56.0 cm³/mol. The lowest BCUT2D eigenvalue weighted by Gasteiger charge is -2.23. The Hall–Kier alpha value is -1.46. The zero-order chi connectivity index (χ0) is 10.6. The van der Waals surface area contributed by atoms with Crippen molar-refractivity contribution >= 4 is 0 Å². The van der Waals surface area contributed by atoms with Crippen LogP contribution in [-0.2, 0) is 5.60 Å². The molecule has 1 unspecified atom stereocenters. The minimum atomic E-state index is -1.03. The smallest absolute Gasteiger partial charge is 0.124 e. The molecule has 14 heavy (non-hydrogen) atoms. The van der Waals surface area contributed by atoms with Crippen LogP contribution in [0, 0.1) is 12.3 Å². The van der Waals surface area contributed by atoms with Gasteiger partial charge in [0.15, 0.2) is 0 Å². The van der Waals surface area contributed by atoms with E-state index in [4.69, 9.17) is 11.2 Å². The molecule has 0 spiro atoms. The van der Waals surface area contributed by atoms with Gasteiger partial charge in [-0.15, -0.1) is 12.3 Å². The monoisotopic (exact) mass is 190 g/mol. The van der Waals surface area contributed by atoms with Crippen LogP contribution in [0.15, 0.2) is 24.3 Å². The Morgan fingerprint density at radius 3 is 2.71 bits per heavy atom. The third-order valence-electron chi connectivity index (χ3n) is 2.13. The Morgan fingerprint density at radius 2 is 2.14 bits per heavy atom. The fourth-order valence-electron chi connectivity index (χ4n) is 1.38. The van der Waals surface area contributed by atoms with E-state index >= 15 is 0 Å². The van der Waals surface area contributed by atoms with Crippen molar-refractivity contribution in [1.82, 2.24) is 0 Å². The van der Waals surface area contributed by atoms with Gasteiger partial charge < -0.3 is 9.84 Å². The number of methoxy groups -OCH3 is 1. The standard InChI is InChI=1S/C12H14O2/c1-4-9-12(2,13)10-7-5-6-8-11(10)14-3/h1,5-8,13H,9H2,2-3H3. The minimum Gasteiger partial charge on any atom is -0.496 e. The summed E-state index contributed by atoms with van der Waals surface area (Å²) >= 11 is 0. The molecule has 0 saturated heterocycles. The quantitative estimate of drug-likeness (QED) is 0.738. The van der Waals surface area contributed by atoms with Crippen LogP contribution < -0.4 is 4.74 Å². The first-order valence-electron chi connectivity index (χ1n) is 4.41. The summed E-state index contributed by atoms with van der Waals surface area (Å²) in [7, 11) is 1.57. The summed E-state index contributed by atoms with van der Waals surface area (Å²) in [5.74, 6) is 3.11. The van der Waals surface area contributed by atoms with E-state index in [9.17, 15) is 5.11 Å². The average molecular weight is 190 g/mol. The fraction of sp³-hybridized carbons (Fsp3) is 0.333. The zero-order valence-corrected chi connectivity index (χ0v) is 8.45. The molecule has 0 aliphatic rings. The number of rotatable bonds is 3. The van der Waals surface area contributed by atoms with E-state index in [1.165, 1.54) is 0 Å². The molecule has 0 aromatic heterocycles. The summed E-state index contributed by atoms with van der Waals surface area (Å²) in [6.07, 6.45) is 5.46. The summed E-state index contributed by atoms with van der Waals surface area (Å²) in [5, 5.41) is 10.1. The Labute approximate surface area is 84.5 Å². The molecule has 1 aromatic carbocycles. The number of hydrogen-bond donors (Lipinski definition) is 1. The first kappa shape index (κ1) is 10.6. The fourth-order valence-corrected chi connectivity index (χ4v) is 1.38. The van der Waals surface area contributed by atoms with Gasteiger partial charge in [0.05, 0.1) is 7.11 Å². The van der Waals surface area contributed by atoms with Crippen molar-refractivity contribution in [2.75, 3.05) is 7.11 Å². The van der Waals surface area contributed by atoms with E-state index in [-0.39, 0.29) is 6.42 Å². The van der Waals surface area contributed by atoms with Crippen LogP contribution in [0.3, 0.4) is 0 Å². The number of para-hydroxylation sites is 1. The van der Waals surface area contributed by atoms with Crippen LogP contribution in [0.25, 0.3) is 0 Å². The minimum absolute atomic E-state index is 0.271. The highest BCUT2D eigenvalue weighted by molar-refractivity contribution is 5.38. The molecule has 1 rings (SSSR count). The van der Waals surface area contributed by atoms with Gasteiger partial charge in [-0.25, -0.2) is 0 Å². The maximum Gasteiger partial charge on any atom is 0.124 e. The molecule has 0 aliphatic heterocycles. The molecule has 0 heterocycles. The van der Waals surface area contributed by atoms with Gasteiger partial charge in [-0.05, 0) is 13.0 Å². The molecule has 0 aliphatic carbocycles. The van der Waals surface area contributed by atoms with Crippen LogP contribution in [-0.4, -0.2) is 12.2 Å². The summed E-state index contributed by atoms with van der Waals surface area (Å²) < 4.78 is 5.15. The van der Waals surface area contributed by atoms with Crippen LogP contribution in [0.2, 0.25) is 0 Å². The van der Waals surface area contributed by atoms with E-state index in [0.29, 0.717) is 5.75 Å². The van der Waals surface area contributed by atoms with Gasteiger partial charge in [-0.2, -0.15) is 0 Å². The average Bonchev–Trinajstić information content (AvgIpc) is 2.18. The molecule has 1 N–H and O–H groups in total. The van der Waals surface area contributed by atoms with Crippen LogP contribution in [0.1, 0.15) is 18.9 Å².